The third kappa shape index (κ3) is 2.86. The summed E-state index contributed by atoms with van der Waals surface area (Å²) < 4.78 is 2.35. The standard InChI is InChI=1S/C16H22N2OS2/c1-10(2)6-3-4-9-18-15(19)13-11-7-5-8-12(11)21-14(13)17-16(18)20/h10H,3-9H2,1-2H3,(H,17,20). The van der Waals surface area contributed by atoms with Crippen molar-refractivity contribution in [1.29, 1.82) is 0 Å². The number of aromatic amines is 1. The molecule has 114 valence electrons. The van der Waals surface area contributed by atoms with E-state index >= 15 is 0 Å². The summed E-state index contributed by atoms with van der Waals surface area (Å²) in [5.74, 6) is 0.721. The Bertz CT molecular complexity index is 767. The number of hydrogen-bond acceptors (Lipinski definition) is 3. The summed E-state index contributed by atoms with van der Waals surface area (Å²) >= 11 is 7.11. The Balaban J connectivity index is 1.92. The first-order chi connectivity index (χ1) is 10.1. The molecule has 0 aromatic carbocycles. The van der Waals surface area contributed by atoms with Crippen molar-refractivity contribution in [3.8, 4) is 0 Å². The number of unbranched alkanes of at least 4 members (excludes halogenated alkanes) is 1. The van der Waals surface area contributed by atoms with E-state index in [1.807, 2.05) is 0 Å². The van der Waals surface area contributed by atoms with Gasteiger partial charge in [-0.2, -0.15) is 0 Å². The molecule has 0 fully saturated rings. The van der Waals surface area contributed by atoms with Gasteiger partial charge in [0.15, 0.2) is 4.77 Å². The van der Waals surface area contributed by atoms with Crippen LogP contribution in [-0.2, 0) is 19.4 Å². The predicted octanol–water partition coefficient (Wildman–Crippen LogP) is 4.44. The number of hydrogen-bond donors (Lipinski definition) is 1. The second-order valence-corrected chi connectivity index (χ2v) is 7.83. The van der Waals surface area contributed by atoms with Crippen LogP contribution in [0.25, 0.3) is 10.2 Å². The number of nitrogens with zero attached hydrogens (tertiary/aromatic N) is 1. The molecule has 1 aliphatic carbocycles. The first kappa shape index (κ1) is 15.0. The van der Waals surface area contributed by atoms with E-state index in [0.717, 1.165) is 48.4 Å². The van der Waals surface area contributed by atoms with Gasteiger partial charge in [0.1, 0.15) is 4.83 Å². The summed E-state index contributed by atoms with van der Waals surface area (Å²) in [7, 11) is 0. The summed E-state index contributed by atoms with van der Waals surface area (Å²) in [6, 6.07) is 0. The fourth-order valence-corrected chi connectivity index (χ4v) is 4.76. The molecule has 1 aliphatic rings. The van der Waals surface area contributed by atoms with Gasteiger partial charge in [-0.1, -0.05) is 26.7 Å². The number of aromatic nitrogens is 2. The van der Waals surface area contributed by atoms with Crippen LogP contribution in [0.15, 0.2) is 4.79 Å². The molecule has 5 heteroatoms. The Kier molecular flexibility index (Phi) is 4.31. The van der Waals surface area contributed by atoms with Crippen LogP contribution in [0, 0.1) is 10.7 Å². The van der Waals surface area contributed by atoms with Crippen molar-refractivity contribution in [2.24, 2.45) is 5.92 Å². The molecule has 0 atom stereocenters. The van der Waals surface area contributed by atoms with Gasteiger partial charge in [0, 0.05) is 11.4 Å². The van der Waals surface area contributed by atoms with Gasteiger partial charge in [0.2, 0.25) is 0 Å². The van der Waals surface area contributed by atoms with Crippen LogP contribution in [0.4, 0.5) is 0 Å². The van der Waals surface area contributed by atoms with Crippen LogP contribution in [0.1, 0.15) is 50.0 Å². The Labute approximate surface area is 134 Å². The van der Waals surface area contributed by atoms with Crippen molar-refractivity contribution in [3.63, 3.8) is 0 Å². The maximum atomic E-state index is 12.8. The number of H-pyrrole nitrogens is 1. The largest absolute Gasteiger partial charge is 0.323 e. The molecule has 0 saturated heterocycles. The SMILES string of the molecule is CC(C)CCCCn1c(=S)[nH]c2sc3c(c2c1=O)CCC3. The molecule has 0 unspecified atom stereocenters. The molecule has 2 heterocycles. The molecule has 0 radical (unpaired) electrons. The highest BCUT2D eigenvalue weighted by atomic mass is 32.1. The molecule has 2 aromatic heterocycles. The molecule has 0 bridgehead atoms. The van der Waals surface area contributed by atoms with Gasteiger partial charge in [-0.3, -0.25) is 9.36 Å². The molecule has 0 aliphatic heterocycles. The van der Waals surface area contributed by atoms with E-state index < -0.39 is 0 Å². The topological polar surface area (TPSA) is 37.8 Å². The zero-order valence-corrected chi connectivity index (χ0v) is 14.3. The second-order valence-electron chi connectivity index (χ2n) is 6.34. The van der Waals surface area contributed by atoms with Crippen LogP contribution in [0.5, 0.6) is 0 Å². The van der Waals surface area contributed by atoms with Crippen molar-refractivity contribution in [2.45, 2.75) is 58.9 Å². The van der Waals surface area contributed by atoms with Crippen LogP contribution in [0.2, 0.25) is 0 Å². The van der Waals surface area contributed by atoms with Crippen molar-refractivity contribution in [3.05, 3.63) is 25.6 Å². The van der Waals surface area contributed by atoms with Crippen molar-refractivity contribution in [2.75, 3.05) is 0 Å². The maximum Gasteiger partial charge on any atom is 0.263 e. The lowest BCUT2D eigenvalue weighted by Crippen LogP contribution is -2.22. The first-order valence-electron chi connectivity index (χ1n) is 7.85. The quantitative estimate of drug-likeness (QED) is 0.653. The summed E-state index contributed by atoms with van der Waals surface area (Å²) in [5, 5.41) is 0.907. The first-order valence-corrected chi connectivity index (χ1v) is 9.07. The Morgan fingerprint density at radius 1 is 1.33 bits per heavy atom. The normalized spacial score (nSPS) is 14.2. The predicted molar refractivity (Wildman–Crippen MR) is 92.0 cm³/mol. The van der Waals surface area contributed by atoms with Gasteiger partial charge < -0.3 is 4.98 Å². The third-order valence-electron chi connectivity index (χ3n) is 4.26. The van der Waals surface area contributed by atoms with Gasteiger partial charge >= 0.3 is 0 Å². The third-order valence-corrected chi connectivity index (χ3v) is 5.79. The van der Waals surface area contributed by atoms with E-state index in [1.54, 1.807) is 15.9 Å². The molecule has 0 spiro atoms. The van der Waals surface area contributed by atoms with Crippen molar-refractivity contribution in [1.82, 2.24) is 9.55 Å². The minimum atomic E-state index is 0.123. The highest BCUT2D eigenvalue weighted by molar-refractivity contribution is 7.71. The van der Waals surface area contributed by atoms with Gasteiger partial charge in [-0.15, -0.1) is 11.3 Å². The monoisotopic (exact) mass is 322 g/mol. The number of rotatable bonds is 5. The number of aryl methyl sites for hydroxylation is 2. The highest BCUT2D eigenvalue weighted by Gasteiger charge is 2.21. The molecular weight excluding hydrogens is 300 g/mol. The van der Waals surface area contributed by atoms with Crippen LogP contribution >= 0.6 is 23.6 Å². The lowest BCUT2D eigenvalue weighted by Gasteiger charge is -2.08. The van der Waals surface area contributed by atoms with E-state index in [4.69, 9.17) is 12.2 Å². The summed E-state index contributed by atoms with van der Waals surface area (Å²) in [4.78, 5) is 18.4. The number of nitrogens with one attached hydrogen (secondary N) is 1. The zero-order chi connectivity index (χ0) is 15.0. The number of fused-ring (bicyclic) bond motifs is 3. The van der Waals surface area contributed by atoms with E-state index in [9.17, 15) is 4.79 Å². The van der Waals surface area contributed by atoms with Crippen LogP contribution in [0.3, 0.4) is 0 Å². The molecule has 3 nitrogen and oxygen atoms in total. The molecule has 3 rings (SSSR count). The van der Waals surface area contributed by atoms with E-state index in [2.05, 4.69) is 18.8 Å². The van der Waals surface area contributed by atoms with Crippen molar-refractivity contribution < 1.29 is 0 Å². The summed E-state index contributed by atoms with van der Waals surface area (Å²) in [6.07, 6.45) is 6.72. The van der Waals surface area contributed by atoms with Gasteiger partial charge in [0.05, 0.1) is 5.39 Å². The lowest BCUT2D eigenvalue weighted by atomic mass is 10.1. The molecule has 2 aromatic rings. The fourth-order valence-electron chi connectivity index (χ4n) is 3.14. The second kappa shape index (κ2) is 6.05. The van der Waals surface area contributed by atoms with Crippen LogP contribution < -0.4 is 5.56 Å². The molecule has 0 amide bonds. The average molecular weight is 322 g/mol. The fraction of sp³-hybridized carbons (Fsp3) is 0.625. The Morgan fingerprint density at radius 3 is 2.90 bits per heavy atom. The molecule has 21 heavy (non-hydrogen) atoms. The van der Waals surface area contributed by atoms with Gasteiger partial charge in [-0.05, 0) is 49.4 Å². The maximum absolute atomic E-state index is 12.8. The molecular formula is C16H22N2OS2. The van der Waals surface area contributed by atoms with E-state index in [1.165, 1.54) is 23.3 Å². The number of thiophene rings is 1. The van der Waals surface area contributed by atoms with Crippen LogP contribution in [-0.4, -0.2) is 9.55 Å². The average Bonchev–Trinajstić information content (AvgIpc) is 2.96. The van der Waals surface area contributed by atoms with E-state index in [-0.39, 0.29) is 5.56 Å². The smallest absolute Gasteiger partial charge is 0.263 e. The van der Waals surface area contributed by atoms with Crippen molar-refractivity contribution >= 4 is 33.8 Å². The zero-order valence-electron chi connectivity index (χ0n) is 12.7. The van der Waals surface area contributed by atoms with E-state index in [0.29, 0.717) is 4.77 Å². The Hall–Kier alpha value is -0.940. The minimum absolute atomic E-state index is 0.123. The molecule has 0 saturated carbocycles. The minimum Gasteiger partial charge on any atom is -0.323 e. The summed E-state index contributed by atoms with van der Waals surface area (Å²) in [5.41, 5.74) is 1.40. The molecule has 1 N–H and O–H groups in total. The van der Waals surface area contributed by atoms with Gasteiger partial charge in [0.25, 0.3) is 5.56 Å². The Morgan fingerprint density at radius 2 is 2.14 bits per heavy atom. The summed E-state index contributed by atoms with van der Waals surface area (Å²) in [6.45, 7) is 5.21. The highest BCUT2D eigenvalue weighted by Crippen LogP contribution is 2.34. The lowest BCUT2D eigenvalue weighted by molar-refractivity contribution is 0.501. The van der Waals surface area contributed by atoms with Gasteiger partial charge in [-0.25, -0.2) is 0 Å².